The Balaban J connectivity index is 3.10. The summed E-state index contributed by atoms with van der Waals surface area (Å²) in [7, 11) is 0. The lowest BCUT2D eigenvalue weighted by atomic mass is 10.1. The first kappa shape index (κ1) is 14.9. The van der Waals surface area contributed by atoms with E-state index in [9.17, 15) is 9.18 Å². The lowest BCUT2D eigenvalue weighted by Crippen LogP contribution is -2.42. The third-order valence-electron chi connectivity index (χ3n) is 2.39. The number of nitrogens with two attached hydrogens (primary N) is 1. The predicted molar refractivity (Wildman–Crippen MR) is 74.4 cm³/mol. The van der Waals surface area contributed by atoms with Crippen LogP contribution in [0.25, 0.3) is 0 Å². The standard InChI is InChI=1S/C12H14ClFN2OS/c1-7(2)16(6-10(15)18)12(17)8-4-3-5-9(13)11(8)14/h3-5,7H,6H2,1-2H3,(H2,15,18). The van der Waals surface area contributed by atoms with Gasteiger partial charge in [0.15, 0.2) is 5.82 Å². The molecule has 1 rings (SSSR count). The van der Waals surface area contributed by atoms with Crippen molar-refractivity contribution in [2.45, 2.75) is 19.9 Å². The summed E-state index contributed by atoms with van der Waals surface area (Å²) in [6, 6.07) is 4.16. The molecule has 1 aromatic rings. The number of hydrogen-bond acceptors (Lipinski definition) is 2. The molecule has 0 spiro atoms. The second-order valence-electron chi connectivity index (χ2n) is 4.09. The molecule has 0 aromatic heterocycles. The lowest BCUT2D eigenvalue weighted by Gasteiger charge is -2.26. The van der Waals surface area contributed by atoms with Gasteiger partial charge in [0.05, 0.1) is 22.1 Å². The number of carbonyl (C=O) groups excluding carboxylic acids is 1. The van der Waals surface area contributed by atoms with Gasteiger partial charge in [0.1, 0.15) is 0 Å². The molecule has 0 aliphatic heterocycles. The number of thiocarbonyl (C=S) groups is 1. The predicted octanol–water partition coefficient (Wildman–Crippen LogP) is 2.62. The Bertz CT molecular complexity index is 479. The van der Waals surface area contributed by atoms with Crippen molar-refractivity contribution in [3.05, 3.63) is 34.6 Å². The molecule has 0 radical (unpaired) electrons. The van der Waals surface area contributed by atoms with Crippen LogP contribution in [0, 0.1) is 5.82 Å². The molecule has 0 aliphatic carbocycles. The normalized spacial score (nSPS) is 10.5. The van der Waals surface area contributed by atoms with Crippen LogP contribution < -0.4 is 5.73 Å². The van der Waals surface area contributed by atoms with E-state index in [2.05, 4.69) is 0 Å². The van der Waals surface area contributed by atoms with Gasteiger partial charge < -0.3 is 10.6 Å². The first-order chi connectivity index (χ1) is 8.34. The number of nitrogens with zero attached hydrogens (tertiary/aromatic N) is 1. The molecule has 0 fully saturated rings. The van der Waals surface area contributed by atoms with E-state index < -0.39 is 11.7 Å². The second-order valence-corrected chi connectivity index (χ2v) is 5.03. The molecular formula is C12H14ClFN2OS. The van der Waals surface area contributed by atoms with Crippen LogP contribution in [0.3, 0.4) is 0 Å². The van der Waals surface area contributed by atoms with Crippen LogP contribution >= 0.6 is 23.8 Å². The van der Waals surface area contributed by atoms with Gasteiger partial charge in [-0.25, -0.2) is 4.39 Å². The van der Waals surface area contributed by atoms with E-state index in [0.717, 1.165) is 0 Å². The zero-order chi connectivity index (χ0) is 13.9. The average Bonchev–Trinajstić information content (AvgIpc) is 2.28. The second kappa shape index (κ2) is 6.11. The Labute approximate surface area is 116 Å². The van der Waals surface area contributed by atoms with Crippen molar-refractivity contribution in [1.82, 2.24) is 4.90 Å². The van der Waals surface area contributed by atoms with Gasteiger partial charge >= 0.3 is 0 Å². The molecular weight excluding hydrogens is 275 g/mol. The molecule has 18 heavy (non-hydrogen) atoms. The van der Waals surface area contributed by atoms with Crippen LogP contribution in [0.5, 0.6) is 0 Å². The number of rotatable bonds is 4. The number of halogens is 2. The first-order valence-electron chi connectivity index (χ1n) is 5.38. The van der Waals surface area contributed by atoms with Gasteiger partial charge in [-0.2, -0.15) is 0 Å². The largest absolute Gasteiger partial charge is 0.392 e. The molecule has 1 aromatic carbocycles. The summed E-state index contributed by atoms with van der Waals surface area (Å²) in [4.78, 5) is 13.8. The van der Waals surface area contributed by atoms with Crippen LogP contribution in [0.2, 0.25) is 5.02 Å². The molecule has 0 bridgehead atoms. The Morgan fingerprint density at radius 1 is 1.56 bits per heavy atom. The van der Waals surface area contributed by atoms with Gasteiger partial charge in [0.2, 0.25) is 0 Å². The Kier molecular flexibility index (Phi) is 5.04. The highest BCUT2D eigenvalue weighted by atomic mass is 35.5. The van der Waals surface area contributed by atoms with Gasteiger partial charge in [0.25, 0.3) is 5.91 Å². The minimum atomic E-state index is -0.724. The highest BCUT2D eigenvalue weighted by Gasteiger charge is 2.23. The molecule has 0 aliphatic rings. The minimum Gasteiger partial charge on any atom is -0.392 e. The van der Waals surface area contributed by atoms with Crippen molar-refractivity contribution in [1.29, 1.82) is 0 Å². The van der Waals surface area contributed by atoms with Crippen molar-refractivity contribution < 1.29 is 9.18 Å². The van der Waals surface area contributed by atoms with Crippen LogP contribution in [0.1, 0.15) is 24.2 Å². The molecule has 0 saturated heterocycles. The molecule has 6 heteroatoms. The molecule has 0 unspecified atom stereocenters. The zero-order valence-corrected chi connectivity index (χ0v) is 11.7. The van der Waals surface area contributed by atoms with E-state index in [1.165, 1.54) is 23.1 Å². The van der Waals surface area contributed by atoms with E-state index in [0.29, 0.717) is 0 Å². The summed E-state index contributed by atoms with van der Waals surface area (Å²) in [6.45, 7) is 3.72. The molecule has 98 valence electrons. The summed E-state index contributed by atoms with van der Waals surface area (Å²) in [6.07, 6.45) is 0. The Morgan fingerprint density at radius 3 is 2.67 bits per heavy atom. The van der Waals surface area contributed by atoms with Crippen molar-refractivity contribution in [2.75, 3.05) is 6.54 Å². The van der Waals surface area contributed by atoms with Crippen LogP contribution in [0.15, 0.2) is 18.2 Å². The van der Waals surface area contributed by atoms with Crippen LogP contribution in [-0.2, 0) is 0 Å². The number of carbonyl (C=O) groups is 1. The number of hydrogen-bond donors (Lipinski definition) is 1. The zero-order valence-electron chi connectivity index (χ0n) is 10.1. The molecule has 1 amide bonds. The number of benzene rings is 1. The molecule has 3 nitrogen and oxygen atoms in total. The maximum absolute atomic E-state index is 13.8. The van der Waals surface area contributed by atoms with E-state index in [-0.39, 0.29) is 28.2 Å². The highest BCUT2D eigenvalue weighted by molar-refractivity contribution is 7.80. The third-order valence-corrected chi connectivity index (χ3v) is 2.81. The maximum atomic E-state index is 13.8. The third kappa shape index (κ3) is 3.40. The van der Waals surface area contributed by atoms with Gasteiger partial charge in [-0.05, 0) is 26.0 Å². The SMILES string of the molecule is CC(C)N(CC(N)=S)C(=O)c1cccc(Cl)c1F. The molecule has 2 N–H and O–H groups in total. The quantitative estimate of drug-likeness (QED) is 0.867. The molecule has 0 saturated carbocycles. The van der Waals surface area contributed by atoms with Crippen molar-refractivity contribution in [3.63, 3.8) is 0 Å². The summed E-state index contributed by atoms with van der Waals surface area (Å²) < 4.78 is 13.8. The van der Waals surface area contributed by atoms with E-state index in [1.807, 2.05) is 0 Å². The van der Waals surface area contributed by atoms with Crippen molar-refractivity contribution in [2.24, 2.45) is 5.73 Å². The highest BCUT2D eigenvalue weighted by Crippen LogP contribution is 2.20. The summed E-state index contributed by atoms with van der Waals surface area (Å²) in [5, 5.41) is -0.0834. The molecule has 0 heterocycles. The van der Waals surface area contributed by atoms with E-state index >= 15 is 0 Å². The Morgan fingerprint density at radius 2 is 2.17 bits per heavy atom. The van der Waals surface area contributed by atoms with Crippen LogP contribution in [0.4, 0.5) is 4.39 Å². The van der Waals surface area contributed by atoms with E-state index in [4.69, 9.17) is 29.6 Å². The van der Waals surface area contributed by atoms with E-state index in [1.54, 1.807) is 13.8 Å². The number of amides is 1. The van der Waals surface area contributed by atoms with Crippen molar-refractivity contribution >= 4 is 34.7 Å². The lowest BCUT2D eigenvalue weighted by molar-refractivity contribution is 0.0731. The summed E-state index contributed by atoms with van der Waals surface area (Å²) in [5.74, 6) is -1.20. The van der Waals surface area contributed by atoms with Gasteiger partial charge in [-0.15, -0.1) is 0 Å². The van der Waals surface area contributed by atoms with Crippen molar-refractivity contribution in [3.8, 4) is 0 Å². The maximum Gasteiger partial charge on any atom is 0.257 e. The monoisotopic (exact) mass is 288 g/mol. The van der Waals surface area contributed by atoms with Gasteiger partial charge in [0, 0.05) is 6.04 Å². The topological polar surface area (TPSA) is 46.3 Å². The Hall–Kier alpha value is -1.20. The smallest absolute Gasteiger partial charge is 0.257 e. The first-order valence-corrected chi connectivity index (χ1v) is 6.16. The average molecular weight is 289 g/mol. The summed E-state index contributed by atoms with van der Waals surface area (Å²) >= 11 is 10.4. The molecule has 0 atom stereocenters. The summed E-state index contributed by atoms with van der Waals surface area (Å²) in [5.41, 5.74) is 5.36. The fraction of sp³-hybridized carbons (Fsp3) is 0.333. The minimum absolute atomic E-state index is 0.0764. The van der Waals surface area contributed by atoms with Crippen LogP contribution in [-0.4, -0.2) is 28.4 Å². The van der Waals surface area contributed by atoms with Gasteiger partial charge in [-0.3, -0.25) is 4.79 Å². The fourth-order valence-corrected chi connectivity index (χ4v) is 1.79. The van der Waals surface area contributed by atoms with Gasteiger partial charge in [-0.1, -0.05) is 29.9 Å². The fourth-order valence-electron chi connectivity index (χ4n) is 1.48.